The van der Waals surface area contributed by atoms with Gasteiger partial charge in [0.05, 0.1) is 6.04 Å². The van der Waals surface area contributed by atoms with Crippen molar-refractivity contribution in [3.8, 4) is 11.1 Å². The Morgan fingerprint density at radius 2 is 1.62 bits per heavy atom. The number of benzene rings is 2. The van der Waals surface area contributed by atoms with E-state index in [0.717, 1.165) is 0 Å². The van der Waals surface area contributed by atoms with E-state index in [1.807, 2.05) is 32.0 Å². The van der Waals surface area contributed by atoms with Crippen molar-refractivity contribution in [1.82, 2.24) is 10.6 Å². The number of amides is 1. The van der Waals surface area contributed by atoms with Crippen LogP contribution in [-0.4, -0.2) is 18.5 Å². The summed E-state index contributed by atoms with van der Waals surface area (Å²) in [6.07, 6.45) is 0. The molecule has 0 fully saturated rings. The molecule has 0 aromatic heterocycles. The summed E-state index contributed by atoms with van der Waals surface area (Å²) in [5, 5.41) is 6.04. The Balaban J connectivity index is 1.93. The maximum Gasteiger partial charge on any atom is 0.236 e. The van der Waals surface area contributed by atoms with Crippen molar-refractivity contribution in [3.63, 3.8) is 0 Å². The molecule has 0 saturated carbocycles. The third kappa shape index (κ3) is 4.43. The van der Waals surface area contributed by atoms with Gasteiger partial charge in [-0.3, -0.25) is 4.79 Å². The van der Waals surface area contributed by atoms with E-state index in [2.05, 4.69) is 47.0 Å². The van der Waals surface area contributed by atoms with E-state index in [-0.39, 0.29) is 11.9 Å². The molecule has 1 amide bonds. The Kier molecular flexibility index (Phi) is 5.52. The summed E-state index contributed by atoms with van der Waals surface area (Å²) < 4.78 is 0. The van der Waals surface area contributed by atoms with Crippen LogP contribution >= 0.6 is 0 Å². The summed E-state index contributed by atoms with van der Waals surface area (Å²) in [4.78, 5) is 11.6. The summed E-state index contributed by atoms with van der Waals surface area (Å²) >= 11 is 0. The molecule has 110 valence electrons. The lowest BCUT2D eigenvalue weighted by atomic mass is 10.0. The van der Waals surface area contributed by atoms with E-state index < -0.39 is 0 Å². The second kappa shape index (κ2) is 7.60. The van der Waals surface area contributed by atoms with Crippen LogP contribution in [0.2, 0.25) is 0 Å². The summed E-state index contributed by atoms with van der Waals surface area (Å²) in [6, 6.07) is 18.5. The number of nitrogens with one attached hydrogen (secondary N) is 2. The zero-order valence-corrected chi connectivity index (χ0v) is 12.6. The molecule has 0 radical (unpaired) electrons. The van der Waals surface area contributed by atoms with Gasteiger partial charge in [-0.2, -0.15) is 0 Å². The molecule has 0 aliphatic carbocycles. The average Bonchev–Trinajstić information content (AvgIpc) is 2.54. The van der Waals surface area contributed by atoms with Crippen LogP contribution in [0.4, 0.5) is 0 Å². The van der Waals surface area contributed by atoms with Crippen LogP contribution in [0.5, 0.6) is 0 Å². The molecule has 0 aliphatic rings. The fraction of sp³-hybridized carbons (Fsp3) is 0.278. The van der Waals surface area contributed by atoms with Crippen molar-refractivity contribution in [2.45, 2.75) is 26.4 Å². The number of carbonyl (C=O) groups excluding carboxylic acids is 1. The minimum absolute atomic E-state index is 0.0402. The lowest BCUT2D eigenvalue weighted by Gasteiger charge is -2.13. The SMILES string of the molecule is CCNC(=O)C(C)NCc1ccc(-c2ccccc2)cc1. The van der Waals surface area contributed by atoms with Gasteiger partial charge in [0.15, 0.2) is 0 Å². The van der Waals surface area contributed by atoms with Crippen LogP contribution < -0.4 is 10.6 Å². The normalized spacial score (nSPS) is 11.9. The molecule has 0 heterocycles. The van der Waals surface area contributed by atoms with Gasteiger partial charge < -0.3 is 10.6 Å². The molecular formula is C18H22N2O. The van der Waals surface area contributed by atoms with Crippen LogP contribution in [-0.2, 0) is 11.3 Å². The van der Waals surface area contributed by atoms with E-state index in [0.29, 0.717) is 13.1 Å². The van der Waals surface area contributed by atoms with Crippen LogP contribution in [0, 0.1) is 0 Å². The highest BCUT2D eigenvalue weighted by molar-refractivity contribution is 5.81. The van der Waals surface area contributed by atoms with Crippen molar-refractivity contribution in [2.75, 3.05) is 6.54 Å². The fourth-order valence-corrected chi connectivity index (χ4v) is 2.14. The molecule has 1 atom stereocenters. The Morgan fingerprint density at radius 1 is 1.00 bits per heavy atom. The molecular weight excluding hydrogens is 260 g/mol. The number of hydrogen-bond acceptors (Lipinski definition) is 2. The lowest BCUT2D eigenvalue weighted by Crippen LogP contribution is -2.41. The van der Waals surface area contributed by atoms with Gasteiger partial charge in [0.1, 0.15) is 0 Å². The second-order valence-corrected chi connectivity index (χ2v) is 5.06. The number of likely N-dealkylation sites (N-methyl/N-ethyl adjacent to an activating group) is 1. The highest BCUT2D eigenvalue weighted by Gasteiger charge is 2.10. The average molecular weight is 282 g/mol. The molecule has 0 aliphatic heterocycles. The van der Waals surface area contributed by atoms with E-state index >= 15 is 0 Å². The van der Waals surface area contributed by atoms with E-state index in [1.54, 1.807) is 0 Å². The first kappa shape index (κ1) is 15.3. The third-order valence-electron chi connectivity index (χ3n) is 3.42. The lowest BCUT2D eigenvalue weighted by molar-refractivity contribution is -0.122. The summed E-state index contributed by atoms with van der Waals surface area (Å²) in [7, 11) is 0. The van der Waals surface area contributed by atoms with Gasteiger partial charge in [-0.1, -0.05) is 54.6 Å². The van der Waals surface area contributed by atoms with Crippen molar-refractivity contribution < 1.29 is 4.79 Å². The van der Waals surface area contributed by atoms with Gasteiger partial charge in [0.2, 0.25) is 5.91 Å². The number of hydrogen-bond donors (Lipinski definition) is 2. The molecule has 1 unspecified atom stereocenters. The van der Waals surface area contributed by atoms with E-state index in [9.17, 15) is 4.79 Å². The molecule has 2 aromatic rings. The third-order valence-corrected chi connectivity index (χ3v) is 3.42. The number of rotatable bonds is 6. The maximum atomic E-state index is 11.6. The maximum absolute atomic E-state index is 11.6. The van der Waals surface area contributed by atoms with Crippen molar-refractivity contribution in [3.05, 3.63) is 60.2 Å². The van der Waals surface area contributed by atoms with Crippen LogP contribution in [0.25, 0.3) is 11.1 Å². The summed E-state index contributed by atoms with van der Waals surface area (Å²) in [6.45, 7) is 5.15. The Morgan fingerprint density at radius 3 is 2.24 bits per heavy atom. The van der Waals surface area contributed by atoms with Crippen LogP contribution in [0.15, 0.2) is 54.6 Å². The minimum atomic E-state index is -0.182. The molecule has 3 nitrogen and oxygen atoms in total. The summed E-state index contributed by atoms with van der Waals surface area (Å²) in [5.74, 6) is 0.0402. The second-order valence-electron chi connectivity index (χ2n) is 5.06. The van der Waals surface area contributed by atoms with Gasteiger partial charge in [0.25, 0.3) is 0 Å². The van der Waals surface area contributed by atoms with Gasteiger partial charge in [0, 0.05) is 13.1 Å². The van der Waals surface area contributed by atoms with Crippen molar-refractivity contribution in [2.24, 2.45) is 0 Å². The van der Waals surface area contributed by atoms with Crippen molar-refractivity contribution >= 4 is 5.91 Å². The molecule has 2 N–H and O–H groups in total. The predicted octanol–water partition coefficient (Wildman–Crippen LogP) is 2.97. The Bertz CT molecular complexity index is 564. The van der Waals surface area contributed by atoms with E-state index in [4.69, 9.17) is 0 Å². The molecule has 0 saturated heterocycles. The van der Waals surface area contributed by atoms with Gasteiger partial charge in [-0.15, -0.1) is 0 Å². The monoisotopic (exact) mass is 282 g/mol. The van der Waals surface area contributed by atoms with Crippen LogP contribution in [0.3, 0.4) is 0 Å². The summed E-state index contributed by atoms with van der Waals surface area (Å²) in [5.41, 5.74) is 3.59. The first-order valence-corrected chi connectivity index (χ1v) is 7.36. The fourth-order valence-electron chi connectivity index (χ4n) is 2.14. The van der Waals surface area contributed by atoms with Gasteiger partial charge >= 0.3 is 0 Å². The zero-order chi connectivity index (χ0) is 15.1. The van der Waals surface area contributed by atoms with Crippen molar-refractivity contribution in [1.29, 1.82) is 0 Å². The minimum Gasteiger partial charge on any atom is -0.355 e. The molecule has 21 heavy (non-hydrogen) atoms. The molecule has 0 spiro atoms. The molecule has 2 aromatic carbocycles. The Hall–Kier alpha value is -2.13. The quantitative estimate of drug-likeness (QED) is 0.855. The smallest absolute Gasteiger partial charge is 0.236 e. The first-order chi connectivity index (χ1) is 10.2. The number of carbonyl (C=O) groups is 1. The molecule has 0 bridgehead atoms. The highest BCUT2D eigenvalue weighted by Crippen LogP contribution is 2.19. The highest BCUT2D eigenvalue weighted by atomic mass is 16.2. The first-order valence-electron chi connectivity index (χ1n) is 7.36. The Labute approximate surface area is 126 Å². The standard InChI is InChI=1S/C18H22N2O/c1-3-19-18(21)14(2)20-13-15-9-11-17(12-10-15)16-7-5-4-6-8-16/h4-12,14,20H,3,13H2,1-2H3,(H,19,21). The van der Waals surface area contributed by atoms with E-state index in [1.165, 1.54) is 16.7 Å². The molecule has 3 heteroatoms. The zero-order valence-electron chi connectivity index (χ0n) is 12.6. The largest absolute Gasteiger partial charge is 0.355 e. The van der Waals surface area contributed by atoms with Crippen LogP contribution in [0.1, 0.15) is 19.4 Å². The predicted molar refractivity (Wildman–Crippen MR) is 86.9 cm³/mol. The topological polar surface area (TPSA) is 41.1 Å². The van der Waals surface area contributed by atoms with Gasteiger partial charge in [-0.05, 0) is 30.5 Å². The molecule has 2 rings (SSSR count). The van der Waals surface area contributed by atoms with Gasteiger partial charge in [-0.25, -0.2) is 0 Å².